The van der Waals surface area contributed by atoms with Crippen molar-refractivity contribution >= 4 is 6.29 Å². The highest BCUT2D eigenvalue weighted by Crippen LogP contribution is 2.10. The number of carbonyl (C=O) groups excluding carboxylic acids is 1. The van der Waals surface area contributed by atoms with Gasteiger partial charge < -0.3 is 4.98 Å². The number of nitrogens with one attached hydrogen (secondary N) is 1. The van der Waals surface area contributed by atoms with Crippen LogP contribution in [-0.2, 0) is 6.42 Å². The zero-order valence-electron chi connectivity index (χ0n) is 7.90. The maximum Gasteiger partial charge on any atom is 0.167 e. The lowest BCUT2D eigenvalue weighted by Crippen LogP contribution is -1.94. The van der Waals surface area contributed by atoms with Crippen LogP contribution < -0.4 is 0 Å². The molecule has 1 aromatic heterocycles. The first kappa shape index (κ1) is 9.58. The molecule has 0 bridgehead atoms. The summed E-state index contributed by atoms with van der Waals surface area (Å²) in [6, 6.07) is 6.50. The molecular weight excluding hydrogens is 195 g/mol. The lowest BCUT2D eigenvalue weighted by Gasteiger charge is -1.99. The molecule has 0 fully saturated rings. The van der Waals surface area contributed by atoms with Crippen molar-refractivity contribution in [2.45, 2.75) is 6.42 Å². The van der Waals surface area contributed by atoms with Crippen LogP contribution in [0.2, 0.25) is 0 Å². The number of aldehydes is 1. The van der Waals surface area contributed by atoms with Gasteiger partial charge in [-0.3, -0.25) is 4.79 Å². The highest BCUT2D eigenvalue weighted by Gasteiger charge is 2.04. The van der Waals surface area contributed by atoms with Crippen molar-refractivity contribution in [1.29, 1.82) is 0 Å². The molecule has 0 atom stereocenters. The largest absolute Gasteiger partial charge is 0.340 e. The van der Waals surface area contributed by atoms with Crippen LogP contribution in [0.5, 0.6) is 0 Å². The van der Waals surface area contributed by atoms with Crippen LogP contribution in [0.4, 0.5) is 4.39 Å². The Bertz CT molecular complexity index is 479. The van der Waals surface area contributed by atoms with Crippen molar-refractivity contribution in [3.05, 3.63) is 53.4 Å². The molecule has 0 amide bonds. The quantitative estimate of drug-likeness (QED) is 0.777. The second-order valence-corrected chi connectivity index (χ2v) is 3.17. The Hall–Kier alpha value is -1.97. The summed E-state index contributed by atoms with van der Waals surface area (Å²) in [5.41, 5.74) is 0.964. The van der Waals surface area contributed by atoms with Gasteiger partial charge >= 0.3 is 0 Å². The third-order valence-corrected chi connectivity index (χ3v) is 2.09. The minimum absolute atomic E-state index is 0.262. The number of carbonyl (C=O) groups is 1. The molecule has 0 aliphatic carbocycles. The van der Waals surface area contributed by atoms with E-state index < -0.39 is 0 Å². The van der Waals surface area contributed by atoms with E-state index in [1.807, 2.05) is 0 Å². The summed E-state index contributed by atoms with van der Waals surface area (Å²) in [5.74, 6) is 0.323. The second-order valence-electron chi connectivity index (χ2n) is 3.17. The lowest BCUT2D eigenvalue weighted by atomic mass is 10.1. The van der Waals surface area contributed by atoms with Crippen LogP contribution in [0.15, 0.2) is 30.5 Å². The Morgan fingerprint density at radius 3 is 2.87 bits per heavy atom. The van der Waals surface area contributed by atoms with E-state index in [-0.39, 0.29) is 5.82 Å². The molecule has 3 nitrogen and oxygen atoms in total. The molecule has 0 aliphatic rings. The van der Waals surface area contributed by atoms with E-state index in [4.69, 9.17) is 0 Å². The molecule has 0 radical (unpaired) electrons. The maximum absolute atomic E-state index is 13.3. The average Bonchev–Trinajstić information content (AvgIpc) is 2.69. The van der Waals surface area contributed by atoms with Gasteiger partial charge in [-0.2, -0.15) is 0 Å². The van der Waals surface area contributed by atoms with E-state index in [2.05, 4.69) is 9.97 Å². The summed E-state index contributed by atoms with van der Waals surface area (Å²) in [6.07, 6.45) is 2.47. The molecule has 0 saturated heterocycles. The molecular formula is C11H9FN2O. The molecule has 1 heterocycles. The molecule has 1 aromatic carbocycles. The number of hydrogen-bond acceptors (Lipinski definition) is 2. The van der Waals surface area contributed by atoms with Crippen molar-refractivity contribution < 1.29 is 9.18 Å². The molecule has 4 heteroatoms. The van der Waals surface area contributed by atoms with E-state index in [1.165, 1.54) is 12.3 Å². The molecule has 2 rings (SSSR count). The van der Waals surface area contributed by atoms with Gasteiger partial charge in [0.2, 0.25) is 0 Å². The Morgan fingerprint density at radius 2 is 2.20 bits per heavy atom. The van der Waals surface area contributed by atoms with Gasteiger partial charge in [-0.15, -0.1) is 0 Å². The van der Waals surface area contributed by atoms with Gasteiger partial charge in [-0.1, -0.05) is 18.2 Å². The molecule has 15 heavy (non-hydrogen) atoms. The molecule has 76 valence electrons. The number of benzene rings is 1. The minimum Gasteiger partial charge on any atom is -0.340 e. The molecule has 0 aliphatic heterocycles. The summed E-state index contributed by atoms with van der Waals surface area (Å²) in [7, 11) is 0. The highest BCUT2D eigenvalue weighted by atomic mass is 19.1. The molecule has 1 N–H and O–H groups in total. The summed E-state index contributed by atoms with van der Waals surface area (Å²) >= 11 is 0. The van der Waals surface area contributed by atoms with Crippen molar-refractivity contribution in [3.63, 3.8) is 0 Å². The van der Waals surface area contributed by atoms with Crippen LogP contribution in [0.1, 0.15) is 21.9 Å². The summed E-state index contributed by atoms with van der Waals surface area (Å²) in [5, 5.41) is 0. The van der Waals surface area contributed by atoms with Gasteiger partial charge in [-0.25, -0.2) is 9.37 Å². The van der Waals surface area contributed by atoms with E-state index in [1.54, 1.807) is 18.2 Å². The summed E-state index contributed by atoms with van der Waals surface area (Å²) < 4.78 is 13.3. The van der Waals surface area contributed by atoms with Crippen molar-refractivity contribution in [3.8, 4) is 0 Å². The van der Waals surface area contributed by atoms with E-state index in [0.29, 0.717) is 29.8 Å². The highest BCUT2D eigenvalue weighted by molar-refractivity contribution is 5.71. The van der Waals surface area contributed by atoms with Crippen LogP contribution >= 0.6 is 0 Å². The third kappa shape index (κ3) is 2.10. The molecule has 0 saturated carbocycles. The number of aromatic amines is 1. The molecule has 0 unspecified atom stereocenters. The Kier molecular flexibility index (Phi) is 2.58. The predicted octanol–water partition coefficient (Wildman–Crippen LogP) is 1.95. The summed E-state index contributed by atoms with van der Waals surface area (Å²) in [4.78, 5) is 17.2. The zero-order valence-corrected chi connectivity index (χ0v) is 7.90. The van der Waals surface area contributed by atoms with Gasteiger partial charge in [0.05, 0.1) is 11.9 Å². The van der Waals surface area contributed by atoms with Gasteiger partial charge in [0.15, 0.2) is 6.29 Å². The molecule has 2 aromatic rings. The first-order valence-corrected chi connectivity index (χ1v) is 4.52. The smallest absolute Gasteiger partial charge is 0.167 e. The first-order chi connectivity index (χ1) is 7.29. The van der Waals surface area contributed by atoms with Gasteiger partial charge in [0.25, 0.3) is 0 Å². The van der Waals surface area contributed by atoms with Gasteiger partial charge in [0.1, 0.15) is 11.6 Å². The van der Waals surface area contributed by atoms with Crippen LogP contribution in [0.25, 0.3) is 0 Å². The normalized spacial score (nSPS) is 10.2. The topological polar surface area (TPSA) is 45.8 Å². The predicted molar refractivity (Wildman–Crippen MR) is 53.2 cm³/mol. The number of rotatable bonds is 3. The number of imidazole rings is 1. The third-order valence-electron chi connectivity index (χ3n) is 2.09. The monoisotopic (exact) mass is 204 g/mol. The lowest BCUT2D eigenvalue weighted by molar-refractivity contribution is 0.111. The average molecular weight is 204 g/mol. The fourth-order valence-corrected chi connectivity index (χ4v) is 1.35. The Morgan fingerprint density at radius 1 is 1.40 bits per heavy atom. The molecule has 0 spiro atoms. The van der Waals surface area contributed by atoms with Crippen molar-refractivity contribution in [2.75, 3.05) is 0 Å². The van der Waals surface area contributed by atoms with E-state index in [9.17, 15) is 9.18 Å². The van der Waals surface area contributed by atoms with Gasteiger partial charge in [-0.05, 0) is 11.6 Å². The Balaban J connectivity index is 2.22. The number of halogens is 1. The standard InChI is InChI=1S/C11H9FN2O/c12-10-4-2-1-3-8(10)5-11-13-6-9(7-15)14-11/h1-4,6-7H,5H2,(H,13,14). The number of hydrogen-bond donors (Lipinski definition) is 1. The fraction of sp³-hybridized carbons (Fsp3) is 0.0909. The number of aromatic nitrogens is 2. The van der Waals surface area contributed by atoms with E-state index >= 15 is 0 Å². The fourth-order valence-electron chi connectivity index (χ4n) is 1.35. The maximum atomic E-state index is 13.3. The number of nitrogens with zero attached hydrogens (tertiary/aromatic N) is 1. The van der Waals surface area contributed by atoms with Crippen LogP contribution in [0.3, 0.4) is 0 Å². The van der Waals surface area contributed by atoms with Gasteiger partial charge in [0, 0.05) is 6.42 Å². The van der Waals surface area contributed by atoms with Crippen molar-refractivity contribution in [2.24, 2.45) is 0 Å². The van der Waals surface area contributed by atoms with E-state index in [0.717, 1.165) is 0 Å². The SMILES string of the molecule is O=Cc1cnc(Cc2ccccc2F)[nH]1. The van der Waals surface area contributed by atoms with Crippen LogP contribution in [-0.4, -0.2) is 16.3 Å². The number of H-pyrrole nitrogens is 1. The second kappa shape index (κ2) is 4.04. The Labute approximate surface area is 86.0 Å². The van der Waals surface area contributed by atoms with Crippen LogP contribution in [0, 0.1) is 5.82 Å². The van der Waals surface area contributed by atoms with Crippen molar-refractivity contribution in [1.82, 2.24) is 9.97 Å². The zero-order chi connectivity index (χ0) is 10.7. The minimum atomic E-state index is -0.262. The summed E-state index contributed by atoms with van der Waals surface area (Å²) in [6.45, 7) is 0. The first-order valence-electron chi connectivity index (χ1n) is 4.52.